The van der Waals surface area contributed by atoms with E-state index in [1.807, 2.05) is 0 Å². The summed E-state index contributed by atoms with van der Waals surface area (Å²) in [5.41, 5.74) is 1.16. The molecule has 25 heavy (non-hydrogen) atoms. The number of hydrogen-bond donors (Lipinski definition) is 2. The second-order valence-electron chi connectivity index (χ2n) is 8.03. The third-order valence-electron chi connectivity index (χ3n) is 6.54. The molecule has 6 heteroatoms. The van der Waals surface area contributed by atoms with Gasteiger partial charge in [-0.2, -0.15) is 0 Å². The zero-order chi connectivity index (χ0) is 17.0. The Labute approximate surface area is 152 Å². The Balaban J connectivity index is 1.45. The smallest absolute Gasteiger partial charge is 0.264 e. The average Bonchev–Trinajstić information content (AvgIpc) is 3.16. The molecule has 3 fully saturated rings. The Bertz CT molecular complexity index is 668. The quantitative estimate of drug-likeness (QED) is 0.802. The van der Waals surface area contributed by atoms with Crippen LogP contribution in [0.3, 0.4) is 0 Å². The van der Waals surface area contributed by atoms with E-state index in [4.69, 9.17) is 4.74 Å². The van der Waals surface area contributed by atoms with Crippen LogP contribution in [0.2, 0.25) is 0 Å². The number of aliphatic hydroxyl groups excluding tert-OH is 1. The van der Waals surface area contributed by atoms with Crippen LogP contribution < -0.4 is 5.32 Å². The maximum absolute atomic E-state index is 13.3. The zero-order valence-electron chi connectivity index (χ0n) is 14.5. The van der Waals surface area contributed by atoms with Gasteiger partial charge < -0.3 is 20.1 Å². The maximum Gasteiger partial charge on any atom is 0.264 e. The standard InChI is InChI=1S/C19H26N2O3S/c22-15-10-13-1-2-14(11-15)21(13)18(23)16-9-12-3-8-24-19(17(12)25-16)4-6-20-7-5-19/h9,13-15,20,22H,1-8,10-11H2. The molecule has 3 saturated heterocycles. The number of hydrogen-bond acceptors (Lipinski definition) is 5. The first-order valence-corrected chi connectivity index (χ1v) is 10.5. The van der Waals surface area contributed by atoms with Crippen LogP contribution in [0.4, 0.5) is 0 Å². The van der Waals surface area contributed by atoms with Gasteiger partial charge in [0.15, 0.2) is 0 Å². The van der Waals surface area contributed by atoms with E-state index in [9.17, 15) is 9.90 Å². The number of amides is 1. The van der Waals surface area contributed by atoms with Crippen LogP contribution in [0.15, 0.2) is 6.07 Å². The Morgan fingerprint density at radius 1 is 1.28 bits per heavy atom. The molecule has 4 aliphatic rings. The monoisotopic (exact) mass is 362 g/mol. The fourth-order valence-corrected chi connectivity index (χ4v) is 6.69. The molecule has 0 radical (unpaired) electrons. The van der Waals surface area contributed by atoms with Gasteiger partial charge in [-0.1, -0.05) is 0 Å². The van der Waals surface area contributed by atoms with E-state index >= 15 is 0 Å². The Morgan fingerprint density at radius 3 is 2.72 bits per heavy atom. The molecule has 5 nitrogen and oxygen atoms in total. The zero-order valence-corrected chi connectivity index (χ0v) is 15.3. The van der Waals surface area contributed by atoms with E-state index in [0.717, 1.165) is 69.5 Å². The number of fused-ring (bicyclic) bond motifs is 4. The molecule has 0 aromatic carbocycles. The van der Waals surface area contributed by atoms with E-state index < -0.39 is 0 Å². The summed E-state index contributed by atoms with van der Waals surface area (Å²) in [6.07, 6.45) is 6.24. The molecule has 1 aromatic heterocycles. The van der Waals surface area contributed by atoms with Crippen LogP contribution in [0, 0.1) is 0 Å². The van der Waals surface area contributed by atoms with Gasteiger partial charge >= 0.3 is 0 Å². The van der Waals surface area contributed by atoms with Crippen LogP contribution >= 0.6 is 11.3 Å². The van der Waals surface area contributed by atoms with Gasteiger partial charge in [-0.05, 0) is 69.7 Å². The lowest BCUT2D eigenvalue weighted by Crippen LogP contribution is -2.47. The van der Waals surface area contributed by atoms with E-state index in [2.05, 4.69) is 16.3 Å². The highest BCUT2D eigenvalue weighted by atomic mass is 32.1. The molecule has 2 N–H and O–H groups in total. The summed E-state index contributed by atoms with van der Waals surface area (Å²) >= 11 is 1.67. The lowest BCUT2D eigenvalue weighted by Gasteiger charge is -2.40. The van der Waals surface area contributed by atoms with Crippen molar-refractivity contribution in [2.45, 2.75) is 68.7 Å². The van der Waals surface area contributed by atoms with Gasteiger partial charge in [-0.25, -0.2) is 0 Å². The number of aliphatic hydroxyl groups is 1. The van der Waals surface area contributed by atoms with E-state index in [1.54, 1.807) is 11.3 Å². The van der Waals surface area contributed by atoms with Crippen LogP contribution in [0.5, 0.6) is 0 Å². The highest BCUT2D eigenvalue weighted by molar-refractivity contribution is 7.14. The first-order valence-electron chi connectivity index (χ1n) is 9.65. The van der Waals surface area contributed by atoms with Crippen molar-refractivity contribution in [3.63, 3.8) is 0 Å². The predicted octanol–water partition coefficient (Wildman–Crippen LogP) is 2.03. The Morgan fingerprint density at radius 2 is 2.00 bits per heavy atom. The summed E-state index contributed by atoms with van der Waals surface area (Å²) in [7, 11) is 0. The average molecular weight is 362 g/mol. The van der Waals surface area contributed by atoms with Gasteiger partial charge in [0.25, 0.3) is 5.91 Å². The summed E-state index contributed by atoms with van der Waals surface area (Å²) in [6.45, 7) is 2.72. The summed E-state index contributed by atoms with van der Waals surface area (Å²) in [5.74, 6) is 0.183. The molecule has 2 bridgehead atoms. The first-order chi connectivity index (χ1) is 12.2. The third kappa shape index (κ3) is 2.57. The number of nitrogens with zero attached hydrogens (tertiary/aromatic N) is 1. The van der Waals surface area contributed by atoms with E-state index in [-0.39, 0.29) is 29.7 Å². The largest absolute Gasteiger partial charge is 0.393 e. The lowest BCUT2D eigenvalue weighted by molar-refractivity contribution is -0.0771. The minimum absolute atomic E-state index is 0.168. The number of carbonyl (C=O) groups is 1. The fraction of sp³-hybridized carbons (Fsp3) is 0.737. The van der Waals surface area contributed by atoms with Gasteiger partial charge in [-0.3, -0.25) is 4.79 Å². The Kier molecular flexibility index (Phi) is 3.93. The highest BCUT2D eigenvalue weighted by Crippen LogP contribution is 2.45. The first kappa shape index (κ1) is 16.2. The van der Waals surface area contributed by atoms with Crippen molar-refractivity contribution in [1.29, 1.82) is 0 Å². The molecule has 5 heterocycles. The molecule has 1 amide bonds. The highest BCUT2D eigenvalue weighted by Gasteiger charge is 2.45. The van der Waals surface area contributed by atoms with Gasteiger partial charge in [-0.15, -0.1) is 11.3 Å². The molecular formula is C19H26N2O3S. The van der Waals surface area contributed by atoms with Crippen molar-refractivity contribution >= 4 is 17.2 Å². The van der Waals surface area contributed by atoms with Crippen molar-refractivity contribution in [3.05, 3.63) is 21.4 Å². The normalized spacial score (nSPS) is 33.5. The van der Waals surface area contributed by atoms with E-state index in [0.29, 0.717) is 0 Å². The predicted molar refractivity (Wildman–Crippen MR) is 96.0 cm³/mol. The number of ether oxygens (including phenoxy) is 1. The summed E-state index contributed by atoms with van der Waals surface area (Å²) in [4.78, 5) is 17.5. The van der Waals surface area contributed by atoms with Gasteiger partial charge in [0.05, 0.1) is 17.6 Å². The number of carbonyl (C=O) groups excluding carboxylic acids is 1. The van der Waals surface area contributed by atoms with Crippen LogP contribution in [0.1, 0.15) is 58.6 Å². The van der Waals surface area contributed by atoms with Crippen molar-refractivity contribution in [3.8, 4) is 0 Å². The summed E-state index contributed by atoms with van der Waals surface area (Å²) in [5, 5.41) is 13.4. The van der Waals surface area contributed by atoms with Crippen molar-refractivity contribution in [2.75, 3.05) is 19.7 Å². The topological polar surface area (TPSA) is 61.8 Å². The molecule has 0 aliphatic carbocycles. The maximum atomic E-state index is 13.3. The molecule has 2 unspecified atom stereocenters. The SMILES string of the molecule is O=C(c1cc2c(s1)C1(CCNCC1)OCC2)N1C2CCC1CC(O)C2. The molecule has 1 spiro atoms. The molecule has 4 aliphatic heterocycles. The fourth-order valence-electron chi connectivity index (χ4n) is 5.34. The van der Waals surface area contributed by atoms with Crippen LogP contribution in [-0.2, 0) is 16.8 Å². The Hall–Kier alpha value is -0.950. The number of thiophene rings is 1. The van der Waals surface area contributed by atoms with Crippen LogP contribution in [-0.4, -0.2) is 53.8 Å². The molecule has 0 saturated carbocycles. The molecule has 2 atom stereocenters. The number of piperidine rings is 2. The molecular weight excluding hydrogens is 336 g/mol. The van der Waals surface area contributed by atoms with Gasteiger partial charge in [0.1, 0.15) is 5.60 Å². The minimum atomic E-state index is -0.232. The van der Waals surface area contributed by atoms with Gasteiger partial charge in [0.2, 0.25) is 0 Å². The van der Waals surface area contributed by atoms with E-state index in [1.165, 1.54) is 10.4 Å². The lowest BCUT2D eigenvalue weighted by atomic mass is 9.86. The van der Waals surface area contributed by atoms with Crippen molar-refractivity contribution in [2.24, 2.45) is 0 Å². The van der Waals surface area contributed by atoms with Crippen LogP contribution in [0.25, 0.3) is 0 Å². The van der Waals surface area contributed by atoms with Crippen molar-refractivity contribution < 1.29 is 14.6 Å². The molecule has 5 rings (SSSR count). The number of rotatable bonds is 1. The molecule has 1 aromatic rings. The third-order valence-corrected chi connectivity index (χ3v) is 7.89. The second-order valence-corrected chi connectivity index (χ2v) is 9.08. The van der Waals surface area contributed by atoms with Gasteiger partial charge in [0, 0.05) is 17.0 Å². The molecule has 136 valence electrons. The number of nitrogens with one attached hydrogen (secondary N) is 1. The summed E-state index contributed by atoms with van der Waals surface area (Å²) < 4.78 is 6.25. The van der Waals surface area contributed by atoms with Crippen molar-refractivity contribution in [1.82, 2.24) is 10.2 Å². The summed E-state index contributed by atoms with van der Waals surface area (Å²) in [6, 6.07) is 2.59. The second kappa shape index (κ2) is 6.05. The minimum Gasteiger partial charge on any atom is -0.393 e.